The lowest BCUT2D eigenvalue weighted by Crippen LogP contribution is -2.25. The molecule has 0 aromatic heterocycles. The number of rotatable bonds is 6. The maximum absolute atomic E-state index is 11.9. The van der Waals surface area contributed by atoms with Gasteiger partial charge in [-0.25, -0.2) is 5.43 Å². The van der Waals surface area contributed by atoms with E-state index in [1.165, 1.54) is 7.11 Å². The van der Waals surface area contributed by atoms with E-state index in [0.29, 0.717) is 21.7 Å². The van der Waals surface area contributed by atoms with E-state index in [1.807, 2.05) is 0 Å². The van der Waals surface area contributed by atoms with Crippen molar-refractivity contribution in [2.24, 2.45) is 5.10 Å². The zero-order valence-electron chi connectivity index (χ0n) is 13.5. The van der Waals surface area contributed by atoms with Gasteiger partial charge in [-0.2, -0.15) is 5.10 Å². The van der Waals surface area contributed by atoms with Gasteiger partial charge in [0, 0.05) is 4.47 Å². The molecule has 8 heteroatoms. The normalized spacial score (nSPS) is 11.1. The number of nitrogens with zero attached hydrogens (tertiary/aromatic N) is 1. The Kier molecular flexibility index (Phi) is 6.83. The largest absolute Gasteiger partial charge is 0.508 e. The van der Waals surface area contributed by atoms with Crippen molar-refractivity contribution in [3.63, 3.8) is 0 Å². The number of ether oxygens (including phenoxy) is 2. The van der Waals surface area contributed by atoms with E-state index in [0.717, 1.165) is 10.0 Å². The molecule has 132 valence electrons. The highest BCUT2D eigenvalue weighted by molar-refractivity contribution is 9.11. The Labute approximate surface area is 162 Å². The van der Waals surface area contributed by atoms with E-state index >= 15 is 0 Å². The van der Waals surface area contributed by atoms with Gasteiger partial charge in [0.2, 0.25) is 0 Å². The second-order valence-electron chi connectivity index (χ2n) is 4.99. The summed E-state index contributed by atoms with van der Waals surface area (Å²) in [6, 6.07) is 10.1. The summed E-state index contributed by atoms with van der Waals surface area (Å²) < 4.78 is 12.2. The van der Waals surface area contributed by atoms with Crippen LogP contribution in [0.4, 0.5) is 0 Å². The Morgan fingerprint density at radius 3 is 2.56 bits per heavy atom. The standard InChI is InChI=1S/C17H16Br2N2O4/c1-10(11-3-5-13(22)6-4-11)20-21-16(23)9-25-17-14(19)7-12(18)8-15(17)24-2/h3-8,22H,9H2,1-2H3,(H,21,23)/b20-10+. The number of aromatic hydroxyl groups is 1. The number of benzene rings is 2. The quantitative estimate of drug-likeness (QED) is 0.495. The van der Waals surface area contributed by atoms with Crippen LogP contribution in [0.2, 0.25) is 0 Å². The van der Waals surface area contributed by atoms with Crippen LogP contribution in [0.1, 0.15) is 12.5 Å². The van der Waals surface area contributed by atoms with Crippen LogP contribution in [0.15, 0.2) is 50.4 Å². The molecule has 0 fully saturated rings. The summed E-state index contributed by atoms with van der Waals surface area (Å²) in [6.45, 7) is 1.53. The second kappa shape index (κ2) is 8.87. The third-order valence-corrected chi connectivity index (χ3v) is 4.22. The van der Waals surface area contributed by atoms with Gasteiger partial charge < -0.3 is 14.6 Å². The van der Waals surface area contributed by atoms with Gasteiger partial charge in [-0.1, -0.05) is 15.9 Å². The second-order valence-corrected chi connectivity index (χ2v) is 6.76. The first-order valence-electron chi connectivity index (χ1n) is 7.19. The summed E-state index contributed by atoms with van der Waals surface area (Å²) in [7, 11) is 1.52. The van der Waals surface area contributed by atoms with E-state index in [-0.39, 0.29) is 12.4 Å². The average molecular weight is 472 g/mol. The Balaban J connectivity index is 1.97. The molecule has 25 heavy (non-hydrogen) atoms. The topological polar surface area (TPSA) is 80.2 Å². The molecule has 0 bridgehead atoms. The van der Waals surface area contributed by atoms with Crippen molar-refractivity contribution in [2.45, 2.75) is 6.92 Å². The molecule has 2 aromatic rings. The maximum atomic E-state index is 11.9. The molecule has 0 saturated carbocycles. The number of carbonyl (C=O) groups excluding carboxylic acids is 1. The number of hydrogen-bond donors (Lipinski definition) is 2. The molecular formula is C17H16Br2N2O4. The lowest BCUT2D eigenvalue weighted by molar-refractivity contribution is -0.123. The molecule has 0 saturated heterocycles. The smallest absolute Gasteiger partial charge is 0.277 e. The molecule has 0 unspecified atom stereocenters. The molecule has 0 atom stereocenters. The van der Waals surface area contributed by atoms with Crippen LogP contribution >= 0.6 is 31.9 Å². The molecule has 0 aliphatic heterocycles. The number of hydrogen-bond acceptors (Lipinski definition) is 5. The summed E-state index contributed by atoms with van der Waals surface area (Å²) in [6.07, 6.45) is 0. The monoisotopic (exact) mass is 470 g/mol. The average Bonchev–Trinajstić information content (AvgIpc) is 2.58. The van der Waals surface area contributed by atoms with Crippen molar-refractivity contribution >= 4 is 43.5 Å². The number of phenolic OH excluding ortho intramolecular Hbond substituents is 1. The molecule has 0 spiro atoms. The lowest BCUT2D eigenvalue weighted by Gasteiger charge is -2.12. The van der Waals surface area contributed by atoms with Gasteiger partial charge in [-0.3, -0.25) is 4.79 Å². The number of hydrazone groups is 1. The molecule has 0 heterocycles. The predicted octanol–water partition coefficient (Wildman–Crippen LogP) is 3.85. The number of amides is 1. The van der Waals surface area contributed by atoms with E-state index in [1.54, 1.807) is 43.3 Å². The number of carbonyl (C=O) groups is 1. The molecule has 0 aliphatic rings. The third-order valence-electron chi connectivity index (χ3n) is 3.18. The summed E-state index contributed by atoms with van der Waals surface area (Å²) in [5.74, 6) is 0.691. The van der Waals surface area contributed by atoms with Gasteiger partial charge in [0.15, 0.2) is 18.1 Å². The maximum Gasteiger partial charge on any atom is 0.277 e. The van der Waals surface area contributed by atoms with Gasteiger partial charge in [0.05, 0.1) is 17.3 Å². The summed E-state index contributed by atoms with van der Waals surface area (Å²) in [4.78, 5) is 11.9. The first kappa shape index (κ1) is 19.3. The van der Waals surface area contributed by atoms with Gasteiger partial charge in [0.25, 0.3) is 5.91 Å². The fourth-order valence-corrected chi connectivity index (χ4v) is 3.21. The number of halogens is 2. The van der Waals surface area contributed by atoms with Gasteiger partial charge >= 0.3 is 0 Å². The van der Waals surface area contributed by atoms with Crippen LogP contribution in [-0.2, 0) is 4.79 Å². The SMILES string of the molecule is COc1cc(Br)cc(Br)c1OCC(=O)N/N=C(\C)c1ccc(O)cc1. The van der Waals surface area contributed by atoms with E-state index in [9.17, 15) is 9.90 Å². The summed E-state index contributed by atoms with van der Waals surface area (Å²) in [5.41, 5.74) is 3.83. The fraction of sp³-hybridized carbons (Fsp3) is 0.176. The highest BCUT2D eigenvalue weighted by Crippen LogP contribution is 2.38. The molecular weight excluding hydrogens is 456 g/mol. The lowest BCUT2D eigenvalue weighted by atomic mass is 10.1. The van der Waals surface area contributed by atoms with Gasteiger partial charge in [-0.05, 0) is 64.8 Å². The van der Waals surface area contributed by atoms with Crippen LogP contribution in [0.5, 0.6) is 17.2 Å². The first-order valence-corrected chi connectivity index (χ1v) is 8.77. The van der Waals surface area contributed by atoms with E-state index in [2.05, 4.69) is 42.4 Å². The Hall–Kier alpha value is -2.06. The predicted molar refractivity (Wildman–Crippen MR) is 102 cm³/mol. The van der Waals surface area contributed by atoms with Gasteiger partial charge in [-0.15, -0.1) is 0 Å². The van der Waals surface area contributed by atoms with Crippen molar-refractivity contribution in [1.29, 1.82) is 0 Å². The van der Waals surface area contributed by atoms with Gasteiger partial charge in [0.1, 0.15) is 5.75 Å². The summed E-state index contributed by atoms with van der Waals surface area (Å²) in [5, 5.41) is 13.3. The molecule has 2 rings (SSSR count). The van der Waals surface area contributed by atoms with Crippen molar-refractivity contribution < 1.29 is 19.4 Å². The minimum atomic E-state index is -0.407. The fourth-order valence-electron chi connectivity index (χ4n) is 1.91. The van der Waals surface area contributed by atoms with E-state index in [4.69, 9.17) is 9.47 Å². The number of nitrogens with one attached hydrogen (secondary N) is 1. The molecule has 0 aliphatic carbocycles. The minimum absolute atomic E-state index is 0.169. The highest BCUT2D eigenvalue weighted by Gasteiger charge is 2.13. The highest BCUT2D eigenvalue weighted by atomic mass is 79.9. The molecule has 1 amide bonds. The van der Waals surface area contributed by atoms with Crippen LogP contribution in [0, 0.1) is 0 Å². The third kappa shape index (κ3) is 5.47. The first-order chi connectivity index (χ1) is 11.9. The molecule has 0 radical (unpaired) electrons. The zero-order chi connectivity index (χ0) is 18.4. The zero-order valence-corrected chi connectivity index (χ0v) is 16.7. The minimum Gasteiger partial charge on any atom is -0.508 e. The number of methoxy groups -OCH3 is 1. The molecule has 2 N–H and O–H groups in total. The number of phenols is 1. The van der Waals surface area contributed by atoms with Crippen LogP contribution < -0.4 is 14.9 Å². The Bertz CT molecular complexity index is 792. The van der Waals surface area contributed by atoms with Crippen LogP contribution in [0.3, 0.4) is 0 Å². The van der Waals surface area contributed by atoms with Crippen LogP contribution in [0.25, 0.3) is 0 Å². The summed E-state index contributed by atoms with van der Waals surface area (Å²) >= 11 is 6.73. The van der Waals surface area contributed by atoms with Crippen molar-refractivity contribution in [1.82, 2.24) is 5.43 Å². The van der Waals surface area contributed by atoms with Crippen molar-refractivity contribution in [3.05, 3.63) is 50.9 Å². The Morgan fingerprint density at radius 2 is 1.92 bits per heavy atom. The van der Waals surface area contributed by atoms with Crippen molar-refractivity contribution in [3.8, 4) is 17.2 Å². The molecule has 2 aromatic carbocycles. The molecule has 6 nitrogen and oxygen atoms in total. The van der Waals surface area contributed by atoms with E-state index < -0.39 is 5.91 Å². The van der Waals surface area contributed by atoms with Crippen molar-refractivity contribution in [2.75, 3.05) is 13.7 Å². The van der Waals surface area contributed by atoms with Crippen LogP contribution in [-0.4, -0.2) is 30.4 Å². The Morgan fingerprint density at radius 1 is 1.24 bits per heavy atom.